The van der Waals surface area contributed by atoms with Gasteiger partial charge in [0.1, 0.15) is 0 Å². The van der Waals surface area contributed by atoms with Crippen LogP contribution in [0.4, 0.5) is 5.69 Å². The molecular weight excluding hydrogens is 334 g/mol. The number of ether oxygens (including phenoxy) is 1. The molecule has 138 valence electrons. The van der Waals surface area contributed by atoms with Crippen molar-refractivity contribution in [3.63, 3.8) is 0 Å². The van der Waals surface area contributed by atoms with E-state index >= 15 is 0 Å². The molecule has 1 aromatic heterocycles. The lowest BCUT2D eigenvalue weighted by atomic mass is 9.72. The van der Waals surface area contributed by atoms with Crippen LogP contribution in [-0.2, 0) is 21.5 Å². The van der Waals surface area contributed by atoms with Crippen LogP contribution >= 0.6 is 0 Å². The molecule has 7 heteroatoms. The smallest absolute Gasteiger partial charge is 0.311 e. The third-order valence-corrected chi connectivity index (χ3v) is 6.07. The number of nitrogens with zero attached hydrogens (tertiary/aromatic N) is 2. The maximum atomic E-state index is 12.7. The molecule has 0 aliphatic carbocycles. The summed E-state index contributed by atoms with van der Waals surface area (Å²) in [7, 11) is 0. The second kappa shape index (κ2) is 6.09. The molecule has 1 fully saturated rings. The summed E-state index contributed by atoms with van der Waals surface area (Å²) >= 11 is 0. The molecule has 0 spiro atoms. The van der Waals surface area contributed by atoms with Crippen LogP contribution in [0, 0.1) is 16.0 Å². The summed E-state index contributed by atoms with van der Waals surface area (Å²) in [6.45, 7) is 5.96. The number of esters is 1. The SMILES string of the molecule is CCOC(=O)C1CCCN2CCc3c([nH]c4cccc([N+](=O)[O-])c34)C12C. The van der Waals surface area contributed by atoms with Crippen molar-refractivity contribution in [2.75, 3.05) is 19.7 Å². The fraction of sp³-hybridized carbons (Fsp3) is 0.526. The quantitative estimate of drug-likeness (QED) is 0.518. The normalized spacial score (nSPS) is 25.5. The molecule has 26 heavy (non-hydrogen) atoms. The van der Waals surface area contributed by atoms with Crippen LogP contribution in [0.5, 0.6) is 0 Å². The van der Waals surface area contributed by atoms with E-state index < -0.39 is 5.54 Å². The highest BCUT2D eigenvalue weighted by Gasteiger charge is 2.52. The third-order valence-electron chi connectivity index (χ3n) is 6.07. The van der Waals surface area contributed by atoms with Crippen molar-refractivity contribution in [2.24, 2.45) is 5.92 Å². The van der Waals surface area contributed by atoms with Crippen molar-refractivity contribution in [1.29, 1.82) is 0 Å². The van der Waals surface area contributed by atoms with Crippen molar-refractivity contribution in [3.8, 4) is 0 Å². The fourth-order valence-electron chi connectivity index (χ4n) is 4.86. The summed E-state index contributed by atoms with van der Waals surface area (Å²) in [5.41, 5.74) is 2.28. The maximum absolute atomic E-state index is 12.7. The van der Waals surface area contributed by atoms with Crippen LogP contribution in [-0.4, -0.2) is 40.5 Å². The molecule has 2 atom stereocenters. The minimum Gasteiger partial charge on any atom is -0.466 e. The Balaban J connectivity index is 1.92. The first-order chi connectivity index (χ1) is 12.5. The Morgan fingerprint density at radius 2 is 2.27 bits per heavy atom. The highest BCUT2D eigenvalue weighted by Crippen LogP contribution is 2.48. The molecule has 1 saturated heterocycles. The first kappa shape index (κ1) is 17.0. The molecule has 0 bridgehead atoms. The van der Waals surface area contributed by atoms with Crippen molar-refractivity contribution in [2.45, 2.75) is 38.6 Å². The molecule has 2 aromatic rings. The summed E-state index contributed by atoms with van der Waals surface area (Å²) in [5.74, 6) is -0.455. The highest BCUT2D eigenvalue weighted by molar-refractivity contribution is 5.94. The number of hydrogen-bond acceptors (Lipinski definition) is 5. The number of piperidine rings is 1. The van der Waals surface area contributed by atoms with E-state index in [0.29, 0.717) is 12.0 Å². The molecule has 0 amide bonds. The van der Waals surface area contributed by atoms with Gasteiger partial charge in [0.2, 0.25) is 0 Å². The Bertz CT molecular complexity index is 890. The lowest BCUT2D eigenvalue weighted by molar-refractivity contribution is -0.383. The van der Waals surface area contributed by atoms with Gasteiger partial charge in [0, 0.05) is 18.3 Å². The summed E-state index contributed by atoms with van der Waals surface area (Å²) in [5, 5.41) is 12.2. The first-order valence-electron chi connectivity index (χ1n) is 9.18. The zero-order valence-corrected chi connectivity index (χ0v) is 15.1. The topological polar surface area (TPSA) is 88.5 Å². The number of fused-ring (bicyclic) bond motifs is 5. The molecule has 7 nitrogen and oxygen atoms in total. The van der Waals surface area contributed by atoms with Gasteiger partial charge in [0.25, 0.3) is 5.69 Å². The van der Waals surface area contributed by atoms with Gasteiger partial charge in [-0.25, -0.2) is 0 Å². The van der Waals surface area contributed by atoms with Gasteiger partial charge in [-0.05, 0) is 51.3 Å². The Hall–Kier alpha value is -2.41. The Morgan fingerprint density at radius 1 is 1.46 bits per heavy atom. The predicted molar refractivity (Wildman–Crippen MR) is 96.9 cm³/mol. The van der Waals surface area contributed by atoms with Crippen LogP contribution < -0.4 is 0 Å². The lowest BCUT2D eigenvalue weighted by Gasteiger charge is -2.51. The lowest BCUT2D eigenvalue weighted by Crippen LogP contribution is -2.58. The molecule has 2 aliphatic heterocycles. The number of benzene rings is 1. The zero-order chi connectivity index (χ0) is 18.5. The number of non-ortho nitro benzene ring substituents is 1. The Morgan fingerprint density at radius 3 is 3.00 bits per heavy atom. The number of nitro groups is 1. The van der Waals surface area contributed by atoms with E-state index in [1.165, 1.54) is 0 Å². The van der Waals surface area contributed by atoms with E-state index in [4.69, 9.17) is 4.74 Å². The number of hydrogen-bond donors (Lipinski definition) is 1. The monoisotopic (exact) mass is 357 g/mol. The van der Waals surface area contributed by atoms with Crippen molar-refractivity contribution in [3.05, 3.63) is 39.6 Å². The van der Waals surface area contributed by atoms with E-state index in [0.717, 1.165) is 49.1 Å². The second-order valence-corrected chi connectivity index (χ2v) is 7.27. The average molecular weight is 357 g/mol. The van der Waals surface area contributed by atoms with Gasteiger partial charge in [0.05, 0.1) is 33.9 Å². The number of carbonyl (C=O) groups excluding carboxylic acids is 1. The number of aromatic nitrogens is 1. The first-order valence-corrected chi connectivity index (χ1v) is 9.18. The molecule has 3 heterocycles. The van der Waals surface area contributed by atoms with Crippen LogP contribution in [0.3, 0.4) is 0 Å². The number of nitro benzene ring substituents is 1. The largest absolute Gasteiger partial charge is 0.466 e. The second-order valence-electron chi connectivity index (χ2n) is 7.27. The standard InChI is InChI=1S/C19H23N3O4/c1-3-26-18(23)13-6-5-10-21-11-9-12-16-14(20-17(12)19(13,21)2)7-4-8-15(16)22(24)25/h4,7-8,13,20H,3,5-6,9-11H2,1-2H3. The predicted octanol–water partition coefficient (Wildman–Crippen LogP) is 3.12. The van der Waals surface area contributed by atoms with Crippen molar-refractivity contribution < 1.29 is 14.5 Å². The van der Waals surface area contributed by atoms with E-state index in [1.54, 1.807) is 12.1 Å². The van der Waals surface area contributed by atoms with Gasteiger partial charge in [-0.1, -0.05) is 6.07 Å². The molecule has 2 unspecified atom stereocenters. The van der Waals surface area contributed by atoms with Gasteiger partial charge in [-0.3, -0.25) is 19.8 Å². The number of carbonyl (C=O) groups is 1. The van der Waals surface area contributed by atoms with Crippen LogP contribution in [0.1, 0.15) is 37.9 Å². The van der Waals surface area contributed by atoms with Crippen LogP contribution in [0.25, 0.3) is 10.9 Å². The molecule has 1 aromatic carbocycles. The van der Waals surface area contributed by atoms with E-state index in [2.05, 4.69) is 16.8 Å². The summed E-state index contributed by atoms with van der Waals surface area (Å²) in [6, 6.07) is 5.12. The molecule has 4 rings (SSSR count). The average Bonchev–Trinajstić information content (AvgIpc) is 3.01. The van der Waals surface area contributed by atoms with Crippen LogP contribution in [0.2, 0.25) is 0 Å². The van der Waals surface area contributed by atoms with E-state index in [1.807, 2.05) is 13.0 Å². The number of H-pyrrole nitrogens is 1. The summed E-state index contributed by atoms with van der Waals surface area (Å²) < 4.78 is 5.36. The van der Waals surface area contributed by atoms with E-state index in [9.17, 15) is 14.9 Å². The fourth-order valence-corrected chi connectivity index (χ4v) is 4.86. The number of nitrogens with one attached hydrogen (secondary N) is 1. The van der Waals surface area contributed by atoms with E-state index in [-0.39, 0.29) is 22.5 Å². The minimum absolute atomic E-state index is 0.126. The molecular formula is C19H23N3O4. The Kier molecular flexibility index (Phi) is 3.99. The molecule has 0 radical (unpaired) electrons. The van der Waals surface area contributed by atoms with Gasteiger partial charge >= 0.3 is 5.97 Å². The van der Waals surface area contributed by atoms with Crippen molar-refractivity contribution >= 4 is 22.6 Å². The maximum Gasteiger partial charge on any atom is 0.311 e. The minimum atomic E-state index is -0.523. The van der Waals surface area contributed by atoms with Gasteiger partial charge in [-0.2, -0.15) is 0 Å². The molecule has 0 saturated carbocycles. The van der Waals surface area contributed by atoms with Crippen molar-refractivity contribution in [1.82, 2.24) is 9.88 Å². The van der Waals surface area contributed by atoms with Crippen LogP contribution in [0.15, 0.2) is 18.2 Å². The zero-order valence-electron chi connectivity index (χ0n) is 15.1. The summed E-state index contributed by atoms with van der Waals surface area (Å²) in [6.07, 6.45) is 2.46. The molecule has 1 N–H and O–H groups in total. The Labute approximate surface area is 151 Å². The number of aromatic amines is 1. The summed E-state index contributed by atoms with van der Waals surface area (Å²) in [4.78, 5) is 29.6. The molecule has 2 aliphatic rings. The highest BCUT2D eigenvalue weighted by atomic mass is 16.6. The van der Waals surface area contributed by atoms with Gasteiger partial charge in [-0.15, -0.1) is 0 Å². The van der Waals surface area contributed by atoms with Gasteiger partial charge in [0.15, 0.2) is 0 Å². The number of rotatable bonds is 3. The third kappa shape index (κ3) is 2.26. The van der Waals surface area contributed by atoms with Gasteiger partial charge < -0.3 is 9.72 Å².